The maximum absolute atomic E-state index is 5.59. The molecule has 0 atom stereocenters. The number of aryl methyl sites for hydroxylation is 1. The Morgan fingerprint density at radius 1 is 1.24 bits per heavy atom. The van der Waals surface area contributed by atoms with Crippen LogP contribution in [0.15, 0.2) is 10.5 Å². The largest absolute Gasteiger partial charge is 0.464 e. The zero-order chi connectivity index (χ0) is 12.5. The van der Waals surface area contributed by atoms with Gasteiger partial charge in [0, 0.05) is 18.7 Å². The van der Waals surface area contributed by atoms with Crippen LogP contribution in [-0.2, 0) is 22.6 Å². The summed E-state index contributed by atoms with van der Waals surface area (Å²) in [7, 11) is 1.92. The molecule has 1 aromatic rings. The minimum atomic E-state index is 0.514. The van der Waals surface area contributed by atoms with Crippen molar-refractivity contribution in [3.63, 3.8) is 0 Å². The highest BCUT2D eigenvalue weighted by Crippen LogP contribution is 2.15. The second-order valence-electron chi connectivity index (χ2n) is 3.99. The first-order valence-electron chi connectivity index (χ1n) is 6.16. The molecule has 98 valence electrons. The van der Waals surface area contributed by atoms with Crippen molar-refractivity contribution in [1.29, 1.82) is 0 Å². The monoisotopic (exact) mass is 241 g/mol. The van der Waals surface area contributed by atoms with E-state index in [9.17, 15) is 0 Å². The van der Waals surface area contributed by atoms with Crippen molar-refractivity contribution in [1.82, 2.24) is 5.32 Å². The highest BCUT2D eigenvalue weighted by molar-refractivity contribution is 5.20. The van der Waals surface area contributed by atoms with E-state index in [1.165, 1.54) is 5.56 Å². The molecule has 0 saturated heterocycles. The van der Waals surface area contributed by atoms with Gasteiger partial charge in [0.15, 0.2) is 0 Å². The van der Waals surface area contributed by atoms with Gasteiger partial charge in [0.05, 0.1) is 13.2 Å². The number of rotatable bonds is 9. The fraction of sp³-hybridized carbons (Fsp3) is 0.692. The van der Waals surface area contributed by atoms with Gasteiger partial charge in [-0.3, -0.25) is 0 Å². The van der Waals surface area contributed by atoms with Crippen molar-refractivity contribution < 1.29 is 13.9 Å². The van der Waals surface area contributed by atoms with Crippen molar-refractivity contribution in [2.24, 2.45) is 0 Å². The molecule has 1 heterocycles. The Labute approximate surface area is 103 Å². The van der Waals surface area contributed by atoms with E-state index in [1.54, 1.807) is 0 Å². The Morgan fingerprint density at radius 3 is 2.71 bits per heavy atom. The van der Waals surface area contributed by atoms with Crippen molar-refractivity contribution in [3.05, 3.63) is 23.2 Å². The Bertz CT molecular complexity index is 310. The summed E-state index contributed by atoms with van der Waals surface area (Å²) < 4.78 is 16.4. The highest BCUT2D eigenvalue weighted by Gasteiger charge is 2.06. The minimum absolute atomic E-state index is 0.514. The molecule has 0 aliphatic carbocycles. The van der Waals surface area contributed by atoms with Gasteiger partial charge < -0.3 is 19.2 Å². The molecule has 0 aliphatic heterocycles. The quantitative estimate of drug-likeness (QED) is 0.673. The predicted molar refractivity (Wildman–Crippen MR) is 67.0 cm³/mol. The topological polar surface area (TPSA) is 43.6 Å². The SMILES string of the molecule is CCCOCCOCc1cc(CNC)c(C)o1. The van der Waals surface area contributed by atoms with Crippen molar-refractivity contribution in [2.75, 3.05) is 26.9 Å². The van der Waals surface area contributed by atoms with Gasteiger partial charge in [-0.05, 0) is 26.5 Å². The molecule has 4 nitrogen and oxygen atoms in total. The number of furan rings is 1. The van der Waals surface area contributed by atoms with Crippen molar-refractivity contribution >= 4 is 0 Å². The van der Waals surface area contributed by atoms with Crippen LogP contribution in [0.1, 0.15) is 30.4 Å². The molecule has 1 N–H and O–H groups in total. The average molecular weight is 241 g/mol. The molecule has 0 aromatic carbocycles. The second-order valence-corrected chi connectivity index (χ2v) is 3.99. The molecule has 4 heteroatoms. The summed E-state index contributed by atoms with van der Waals surface area (Å²) >= 11 is 0. The second kappa shape index (κ2) is 8.28. The van der Waals surface area contributed by atoms with Crippen molar-refractivity contribution in [3.8, 4) is 0 Å². The highest BCUT2D eigenvalue weighted by atomic mass is 16.5. The van der Waals surface area contributed by atoms with Crippen LogP contribution in [0.5, 0.6) is 0 Å². The first-order chi connectivity index (χ1) is 8.27. The summed E-state index contributed by atoms with van der Waals surface area (Å²) in [6.45, 7) is 7.47. The minimum Gasteiger partial charge on any atom is -0.464 e. The molecule has 0 amide bonds. The normalized spacial score (nSPS) is 11.0. The van der Waals surface area contributed by atoms with Crippen LogP contribution in [0.4, 0.5) is 0 Å². The lowest BCUT2D eigenvalue weighted by Crippen LogP contribution is -2.05. The Balaban J connectivity index is 2.20. The van der Waals surface area contributed by atoms with E-state index in [1.807, 2.05) is 20.0 Å². The lowest BCUT2D eigenvalue weighted by Gasteiger charge is -2.02. The summed E-state index contributed by atoms with van der Waals surface area (Å²) in [5, 5.41) is 3.11. The summed E-state index contributed by atoms with van der Waals surface area (Å²) in [5.41, 5.74) is 1.19. The van der Waals surface area contributed by atoms with E-state index in [0.717, 1.165) is 31.1 Å². The third kappa shape index (κ3) is 5.35. The molecular weight excluding hydrogens is 218 g/mol. The van der Waals surface area contributed by atoms with Crippen molar-refractivity contribution in [2.45, 2.75) is 33.4 Å². The first-order valence-corrected chi connectivity index (χ1v) is 6.16. The van der Waals surface area contributed by atoms with E-state index >= 15 is 0 Å². The molecule has 1 rings (SSSR count). The maximum Gasteiger partial charge on any atom is 0.130 e. The molecule has 0 aliphatic rings. The molecular formula is C13H23NO3. The lowest BCUT2D eigenvalue weighted by atomic mass is 10.2. The summed E-state index contributed by atoms with van der Waals surface area (Å²) in [5.74, 6) is 1.84. The van der Waals surface area contributed by atoms with Gasteiger partial charge in [-0.15, -0.1) is 0 Å². The van der Waals surface area contributed by atoms with Gasteiger partial charge in [0.1, 0.15) is 18.1 Å². The summed E-state index contributed by atoms with van der Waals surface area (Å²) in [6.07, 6.45) is 1.05. The van der Waals surface area contributed by atoms with E-state index < -0.39 is 0 Å². The molecule has 0 saturated carbocycles. The number of hydrogen-bond acceptors (Lipinski definition) is 4. The van der Waals surface area contributed by atoms with Crippen LogP contribution in [-0.4, -0.2) is 26.9 Å². The molecule has 0 fully saturated rings. The van der Waals surface area contributed by atoms with E-state index in [-0.39, 0.29) is 0 Å². The van der Waals surface area contributed by atoms with Crippen LogP contribution in [0.2, 0.25) is 0 Å². The van der Waals surface area contributed by atoms with E-state index in [4.69, 9.17) is 13.9 Å². The fourth-order valence-electron chi connectivity index (χ4n) is 1.56. The smallest absolute Gasteiger partial charge is 0.130 e. The van der Waals surface area contributed by atoms with Crippen LogP contribution in [0.3, 0.4) is 0 Å². The Morgan fingerprint density at radius 2 is 2.00 bits per heavy atom. The van der Waals surface area contributed by atoms with Crippen LogP contribution in [0, 0.1) is 6.92 Å². The summed E-state index contributed by atoms with van der Waals surface area (Å²) in [6, 6.07) is 2.04. The van der Waals surface area contributed by atoms with E-state index in [2.05, 4.69) is 12.2 Å². The van der Waals surface area contributed by atoms with Gasteiger partial charge in [-0.1, -0.05) is 6.92 Å². The van der Waals surface area contributed by atoms with Gasteiger partial charge >= 0.3 is 0 Å². The van der Waals surface area contributed by atoms with Crippen LogP contribution in [0.25, 0.3) is 0 Å². The molecule has 0 spiro atoms. The van der Waals surface area contributed by atoms with Crippen LogP contribution >= 0.6 is 0 Å². The zero-order valence-electron chi connectivity index (χ0n) is 11.0. The Kier molecular flexibility index (Phi) is 6.93. The standard InChI is InChI=1S/C13H23NO3/c1-4-5-15-6-7-16-10-13-8-12(9-14-3)11(2)17-13/h8,14H,4-7,9-10H2,1-3H3. The molecule has 0 unspecified atom stereocenters. The predicted octanol–water partition coefficient (Wildman–Crippen LogP) is 2.25. The van der Waals surface area contributed by atoms with Gasteiger partial charge in [-0.25, -0.2) is 0 Å². The molecule has 17 heavy (non-hydrogen) atoms. The number of ether oxygens (including phenoxy) is 2. The maximum atomic E-state index is 5.59. The summed E-state index contributed by atoms with van der Waals surface area (Å²) in [4.78, 5) is 0. The van der Waals surface area contributed by atoms with E-state index in [0.29, 0.717) is 19.8 Å². The van der Waals surface area contributed by atoms with Gasteiger partial charge in [0.25, 0.3) is 0 Å². The fourth-order valence-corrected chi connectivity index (χ4v) is 1.56. The molecule has 1 aromatic heterocycles. The number of nitrogens with one attached hydrogen (secondary N) is 1. The molecule has 0 bridgehead atoms. The van der Waals surface area contributed by atoms with Gasteiger partial charge in [0.2, 0.25) is 0 Å². The number of hydrogen-bond donors (Lipinski definition) is 1. The third-order valence-electron chi connectivity index (χ3n) is 2.40. The lowest BCUT2D eigenvalue weighted by molar-refractivity contribution is 0.0348. The first kappa shape index (κ1) is 14.2. The average Bonchev–Trinajstić information content (AvgIpc) is 2.65. The van der Waals surface area contributed by atoms with Crippen LogP contribution < -0.4 is 5.32 Å². The third-order valence-corrected chi connectivity index (χ3v) is 2.40. The van der Waals surface area contributed by atoms with Gasteiger partial charge in [-0.2, -0.15) is 0 Å². The zero-order valence-corrected chi connectivity index (χ0v) is 11.0. The molecule has 0 radical (unpaired) electrons. The Hall–Kier alpha value is -0.840.